The first-order valence-corrected chi connectivity index (χ1v) is 5.98. The van der Waals surface area contributed by atoms with Crippen LogP contribution in [-0.2, 0) is 6.42 Å². The lowest BCUT2D eigenvalue weighted by atomic mass is 10.1. The molecule has 4 nitrogen and oxygen atoms in total. The molecule has 0 radical (unpaired) electrons. The van der Waals surface area contributed by atoms with Crippen molar-refractivity contribution in [3.8, 4) is 6.07 Å². The zero-order valence-corrected chi connectivity index (χ0v) is 10.6. The minimum absolute atomic E-state index is 0.380. The van der Waals surface area contributed by atoms with Crippen LogP contribution in [-0.4, -0.2) is 16.0 Å². The van der Waals surface area contributed by atoms with Gasteiger partial charge in [0.1, 0.15) is 5.65 Å². The fourth-order valence-electron chi connectivity index (χ4n) is 1.88. The number of nitrogens with one attached hydrogen (secondary N) is 2. The Morgan fingerprint density at radius 2 is 2.39 bits per heavy atom. The number of rotatable bonds is 4. The zero-order chi connectivity index (χ0) is 13.0. The van der Waals surface area contributed by atoms with Gasteiger partial charge in [0.25, 0.3) is 0 Å². The van der Waals surface area contributed by atoms with E-state index in [-0.39, 0.29) is 0 Å². The van der Waals surface area contributed by atoms with Crippen LogP contribution in [0.5, 0.6) is 0 Å². The number of hydrogen-bond acceptors (Lipinski definition) is 3. The topological polar surface area (TPSA) is 64.5 Å². The molecule has 92 valence electrons. The monoisotopic (exact) mass is 240 g/mol. The van der Waals surface area contributed by atoms with Crippen molar-refractivity contribution in [2.45, 2.75) is 26.3 Å². The van der Waals surface area contributed by atoms with E-state index in [0.29, 0.717) is 6.04 Å². The molecule has 0 aliphatic carbocycles. The van der Waals surface area contributed by atoms with Gasteiger partial charge in [-0.2, -0.15) is 5.26 Å². The smallest absolute Gasteiger partial charge is 0.137 e. The molecule has 0 aromatic carbocycles. The second-order valence-electron chi connectivity index (χ2n) is 4.47. The first kappa shape index (κ1) is 12.2. The number of H-pyrrole nitrogens is 1. The number of aromatic nitrogens is 2. The molecule has 18 heavy (non-hydrogen) atoms. The molecule has 2 rings (SSSR count). The zero-order valence-electron chi connectivity index (χ0n) is 10.6. The van der Waals surface area contributed by atoms with Gasteiger partial charge in [-0.15, -0.1) is 0 Å². The van der Waals surface area contributed by atoms with Gasteiger partial charge in [0.15, 0.2) is 0 Å². The molecule has 0 saturated carbocycles. The summed E-state index contributed by atoms with van der Waals surface area (Å²) in [6, 6.07) is 4.47. The molecule has 0 saturated heterocycles. The molecule has 0 spiro atoms. The standard InChI is InChI=1S/C14H16N4/c1-10(2)18-12-7-13-11(5-3-4-6-15)8-16-14(13)17-9-12/h3-4,7-10,18H,5H2,1-2H3,(H,16,17). The lowest BCUT2D eigenvalue weighted by molar-refractivity contribution is 0.898. The van der Waals surface area contributed by atoms with E-state index in [9.17, 15) is 0 Å². The predicted octanol–water partition coefficient (Wildman–Crippen LogP) is 3.01. The summed E-state index contributed by atoms with van der Waals surface area (Å²) in [5.41, 5.74) is 3.05. The van der Waals surface area contributed by atoms with Crippen LogP contribution in [0.3, 0.4) is 0 Å². The summed E-state index contributed by atoms with van der Waals surface area (Å²) in [4.78, 5) is 7.52. The van der Waals surface area contributed by atoms with Crippen LogP contribution in [0.25, 0.3) is 11.0 Å². The van der Waals surface area contributed by atoms with Gasteiger partial charge in [0.2, 0.25) is 0 Å². The van der Waals surface area contributed by atoms with Crippen LogP contribution in [0.15, 0.2) is 30.6 Å². The van der Waals surface area contributed by atoms with Crippen LogP contribution >= 0.6 is 0 Å². The Kier molecular flexibility index (Phi) is 3.63. The lowest BCUT2D eigenvalue weighted by Crippen LogP contribution is -2.09. The summed E-state index contributed by atoms with van der Waals surface area (Å²) in [5, 5.41) is 12.9. The van der Waals surface area contributed by atoms with Gasteiger partial charge in [-0.25, -0.2) is 4.98 Å². The van der Waals surface area contributed by atoms with Crippen LogP contribution in [0.2, 0.25) is 0 Å². The van der Waals surface area contributed by atoms with Crippen LogP contribution in [0, 0.1) is 11.3 Å². The predicted molar refractivity (Wildman–Crippen MR) is 73.3 cm³/mol. The minimum Gasteiger partial charge on any atom is -0.382 e. The quantitative estimate of drug-likeness (QED) is 0.807. The number of anilines is 1. The van der Waals surface area contributed by atoms with Crippen molar-refractivity contribution in [3.05, 3.63) is 36.2 Å². The van der Waals surface area contributed by atoms with E-state index in [1.165, 1.54) is 6.08 Å². The second-order valence-corrected chi connectivity index (χ2v) is 4.47. The van der Waals surface area contributed by atoms with E-state index >= 15 is 0 Å². The molecule has 0 fully saturated rings. The average Bonchev–Trinajstić information content (AvgIpc) is 2.72. The Bertz CT molecular complexity index is 602. The van der Waals surface area contributed by atoms with Crippen molar-refractivity contribution in [2.24, 2.45) is 0 Å². The number of aromatic amines is 1. The Morgan fingerprint density at radius 3 is 3.11 bits per heavy atom. The third kappa shape index (κ3) is 2.69. The largest absolute Gasteiger partial charge is 0.382 e. The molecule has 2 aromatic rings. The molecule has 0 amide bonds. The summed E-state index contributed by atoms with van der Waals surface area (Å²) in [6.45, 7) is 4.19. The molecule has 0 aliphatic rings. The first-order chi connectivity index (χ1) is 8.70. The lowest BCUT2D eigenvalue weighted by Gasteiger charge is -2.09. The van der Waals surface area contributed by atoms with Crippen LogP contribution in [0.1, 0.15) is 19.4 Å². The molecule has 0 aliphatic heterocycles. The SMILES string of the molecule is CC(C)Nc1cnc2[nH]cc(CC=CC#N)c2c1. The van der Waals surface area contributed by atoms with Gasteiger partial charge in [-0.1, -0.05) is 6.08 Å². The minimum atomic E-state index is 0.380. The number of hydrogen-bond donors (Lipinski definition) is 2. The second kappa shape index (κ2) is 5.37. The van der Waals surface area contributed by atoms with Gasteiger partial charge < -0.3 is 10.3 Å². The Morgan fingerprint density at radius 1 is 1.56 bits per heavy atom. The van der Waals surface area contributed by atoms with Gasteiger partial charge >= 0.3 is 0 Å². The van der Waals surface area contributed by atoms with E-state index in [1.807, 2.05) is 24.5 Å². The van der Waals surface area contributed by atoms with Crippen molar-refractivity contribution in [2.75, 3.05) is 5.32 Å². The first-order valence-electron chi connectivity index (χ1n) is 5.98. The highest BCUT2D eigenvalue weighted by Gasteiger charge is 2.05. The van der Waals surface area contributed by atoms with E-state index in [2.05, 4.69) is 35.2 Å². The molecule has 0 unspecified atom stereocenters. The third-order valence-corrected chi connectivity index (χ3v) is 2.60. The number of fused-ring (bicyclic) bond motifs is 1. The van der Waals surface area contributed by atoms with Crippen molar-refractivity contribution in [3.63, 3.8) is 0 Å². The number of nitrogens with zero attached hydrogens (tertiary/aromatic N) is 2. The molecule has 4 heteroatoms. The number of allylic oxidation sites excluding steroid dienone is 2. The highest BCUT2D eigenvalue weighted by molar-refractivity contribution is 5.83. The fraction of sp³-hybridized carbons (Fsp3) is 0.286. The Labute approximate surface area is 106 Å². The normalized spacial score (nSPS) is 11.2. The summed E-state index contributed by atoms with van der Waals surface area (Å²) in [7, 11) is 0. The summed E-state index contributed by atoms with van der Waals surface area (Å²) < 4.78 is 0. The van der Waals surface area contributed by atoms with E-state index in [0.717, 1.165) is 28.7 Å². The van der Waals surface area contributed by atoms with Crippen LogP contribution in [0.4, 0.5) is 5.69 Å². The maximum absolute atomic E-state index is 8.48. The number of pyridine rings is 1. The van der Waals surface area contributed by atoms with Gasteiger partial charge in [0, 0.05) is 23.7 Å². The summed E-state index contributed by atoms with van der Waals surface area (Å²) >= 11 is 0. The van der Waals surface area contributed by atoms with Crippen molar-refractivity contribution in [1.82, 2.24) is 9.97 Å². The maximum Gasteiger partial charge on any atom is 0.137 e. The maximum atomic E-state index is 8.48. The van der Waals surface area contributed by atoms with Crippen molar-refractivity contribution < 1.29 is 0 Å². The van der Waals surface area contributed by atoms with Crippen LogP contribution < -0.4 is 5.32 Å². The Balaban J connectivity index is 2.31. The van der Waals surface area contributed by atoms with Gasteiger partial charge in [-0.05, 0) is 31.9 Å². The van der Waals surface area contributed by atoms with E-state index in [1.54, 1.807) is 0 Å². The van der Waals surface area contributed by atoms with E-state index < -0.39 is 0 Å². The Hall–Kier alpha value is -2.28. The molecule has 2 aromatic heterocycles. The molecular formula is C14H16N4. The van der Waals surface area contributed by atoms with Crippen molar-refractivity contribution in [1.29, 1.82) is 5.26 Å². The molecular weight excluding hydrogens is 224 g/mol. The van der Waals surface area contributed by atoms with E-state index in [4.69, 9.17) is 5.26 Å². The fourth-order valence-corrected chi connectivity index (χ4v) is 1.88. The summed E-state index contributed by atoms with van der Waals surface area (Å²) in [6.07, 6.45) is 7.86. The van der Waals surface area contributed by atoms with Gasteiger partial charge in [0.05, 0.1) is 18.0 Å². The molecule has 2 N–H and O–H groups in total. The molecule has 0 atom stereocenters. The number of nitriles is 1. The molecule has 0 bridgehead atoms. The summed E-state index contributed by atoms with van der Waals surface area (Å²) in [5.74, 6) is 0. The molecule has 2 heterocycles. The average molecular weight is 240 g/mol. The van der Waals surface area contributed by atoms with Gasteiger partial charge in [-0.3, -0.25) is 0 Å². The highest BCUT2D eigenvalue weighted by atomic mass is 14.9. The van der Waals surface area contributed by atoms with Crippen molar-refractivity contribution >= 4 is 16.7 Å². The highest BCUT2D eigenvalue weighted by Crippen LogP contribution is 2.21. The third-order valence-electron chi connectivity index (χ3n) is 2.60.